The first kappa shape index (κ1) is 19.6. The van der Waals surface area contributed by atoms with Gasteiger partial charge in [-0.3, -0.25) is 4.79 Å². The lowest BCUT2D eigenvalue weighted by Crippen LogP contribution is -2.12. The van der Waals surface area contributed by atoms with Gasteiger partial charge >= 0.3 is 0 Å². The summed E-state index contributed by atoms with van der Waals surface area (Å²) in [6, 6.07) is 5.81. The molecule has 0 fully saturated rings. The van der Waals surface area contributed by atoms with Crippen molar-refractivity contribution in [3.05, 3.63) is 39.8 Å². The second-order valence-electron chi connectivity index (χ2n) is 5.10. The fourth-order valence-electron chi connectivity index (χ4n) is 2.26. The maximum atomic E-state index is 11.6. The maximum absolute atomic E-state index is 11.6. The molecular formula is C16H22N4O4S. The second-order valence-corrected chi connectivity index (χ2v) is 6.24. The van der Waals surface area contributed by atoms with Gasteiger partial charge in [0.2, 0.25) is 0 Å². The van der Waals surface area contributed by atoms with Crippen molar-refractivity contribution in [3.63, 3.8) is 0 Å². The van der Waals surface area contributed by atoms with Crippen LogP contribution in [0.1, 0.15) is 15.9 Å². The molecule has 0 aliphatic carbocycles. The molecule has 2 rings (SSSR count). The van der Waals surface area contributed by atoms with E-state index in [0.29, 0.717) is 52.7 Å². The van der Waals surface area contributed by atoms with E-state index in [4.69, 9.17) is 19.7 Å². The minimum Gasteiger partial charge on any atom is -0.379 e. The third-order valence-electron chi connectivity index (χ3n) is 3.43. The summed E-state index contributed by atoms with van der Waals surface area (Å²) in [5.41, 5.74) is 9.95. The fraction of sp³-hybridized carbons (Fsp3) is 0.562. The molecular weight excluding hydrogens is 344 g/mol. The smallest absolute Gasteiger partial charge is 0.251 e. The molecule has 0 aromatic heterocycles. The van der Waals surface area contributed by atoms with Crippen LogP contribution in [0.25, 0.3) is 10.4 Å². The number of azide groups is 1. The Morgan fingerprint density at radius 3 is 2.60 bits per heavy atom. The lowest BCUT2D eigenvalue weighted by atomic mass is 10.1. The standard InChI is InChI=1S/C16H22N4O4S/c17-20-19-4-5-22-6-7-23-8-9-24-10-11-25-15-3-1-2-13-14(15)12-18-16(13)21/h1-3H,4-12H2,(H,18,21). The van der Waals surface area contributed by atoms with Gasteiger partial charge in [0, 0.05) is 34.2 Å². The minimum atomic E-state index is 0.00706. The number of carbonyl (C=O) groups excluding carboxylic acids is 1. The minimum absolute atomic E-state index is 0.00706. The molecule has 1 amide bonds. The number of fused-ring (bicyclic) bond motifs is 1. The van der Waals surface area contributed by atoms with Crippen LogP contribution in [0.3, 0.4) is 0 Å². The van der Waals surface area contributed by atoms with Crippen LogP contribution in [0.15, 0.2) is 28.2 Å². The Labute approximate surface area is 150 Å². The summed E-state index contributed by atoms with van der Waals surface area (Å²) in [7, 11) is 0. The normalized spacial score (nSPS) is 12.6. The van der Waals surface area contributed by atoms with Crippen molar-refractivity contribution in [2.45, 2.75) is 11.4 Å². The molecule has 0 unspecified atom stereocenters. The van der Waals surface area contributed by atoms with Crippen LogP contribution in [-0.2, 0) is 20.8 Å². The van der Waals surface area contributed by atoms with Gasteiger partial charge in [0.15, 0.2) is 0 Å². The van der Waals surface area contributed by atoms with E-state index in [1.165, 1.54) is 0 Å². The van der Waals surface area contributed by atoms with Crippen LogP contribution < -0.4 is 5.32 Å². The lowest BCUT2D eigenvalue weighted by molar-refractivity contribution is 0.0190. The Bertz CT molecular complexity index is 608. The van der Waals surface area contributed by atoms with Crippen molar-refractivity contribution in [1.29, 1.82) is 0 Å². The highest BCUT2D eigenvalue weighted by Crippen LogP contribution is 2.28. The molecule has 0 radical (unpaired) electrons. The summed E-state index contributed by atoms with van der Waals surface area (Å²) in [5.74, 6) is 0.834. The molecule has 1 N–H and O–H groups in total. The van der Waals surface area contributed by atoms with Gasteiger partial charge in [-0.2, -0.15) is 0 Å². The van der Waals surface area contributed by atoms with E-state index in [1.54, 1.807) is 11.8 Å². The summed E-state index contributed by atoms with van der Waals surface area (Å²) in [4.78, 5) is 15.4. The van der Waals surface area contributed by atoms with E-state index < -0.39 is 0 Å². The highest BCUT2D eigenvalue weighted by Gasteiger charge is 2.20. The number of ether oxygens (including phenoxy) is 3. The van der Waals surface area contributed by atoms with Gasteiger partial charge in [-0.05, 0) is 23.2 Å². The number of nitrogens with one attached hydrogen (secondary N) is 1. The third kappa shape index (κ3) is 6.93. The predicted molar refractivity (Wildman–Crippen MR) is 94.8 cm³/mol. The van der Waals surface area contributed by atoms with E-state index in [9.17, 15) is 4.79 Å². The molecule has 136 valence electrons. The number of nitrogens with zero attached hydrogens (tertiary/aromatic N) is 3. The van der Waals surface area contributed by atoms with Crippen LogP contribution in [0.2, 0.25) is 0 Å². The zero-order chi connectivity index (χ0) is 17.7. The first-order valence-corrected chi connectivity index (χ1v) is 9.08. The van der Waals surface area contributed by atoms with Crippen molar-refractivity contribution in [2.75, 3.05) is 51.9 Å². The van der Waals surface area contributed by atoms with Crippen LogP contribution in [-0.4, -0.2) is 57.8 Å². The zero-order valence-electron chi connectivity index (χ0n) is 14.0. The predicted octanol–water partition coefficient (Wildman–Crippen LogP) is 2.38. The van der Waals surface area contributed by atoms with Gasteiger partial charge in [-0.1, -0.05) is 11.2 Å². The van der Waals surface area contributed by atoms with E-state index in [2.05, 4.69) is 15.3 Å². The topological polar surface area (TPSA) is 106 Å². The summed E-state index contributed by atoms with van der Waals surface area (Å²) in [5, 5.41) is 6.21. The number of benzene rings is 1. The summed E-state index contributed by atoms with van der Waals surface area (Å²) < 4.78 is 16.1. The van der Waals surface area contributed by atoms with E-state index >= 15 is 0 Å². The molecule has 0 saturated carbocycles. The highest BCUT2D eigenvalue weighted by atomic mass is 32.2. The van der Waals surface area contributed by atoms with E-state index in [1.807, 2.05) is 18.2 Å². The Balaban J connectivity index is 1.46. The quantitative estimate of drug-likeness (QED) is 0.190. The lowest BCUT2D eigenvalue weighted by Gasteiger charge is -2.08. The number of rotatable bonds is 13. The van der Waals surface area contributed by atoms with E-state index in [-0.39, 0.29) is 5.91 Å². The molecule has 1 aliphatic heterocycles. The molecule has 0 atom stereocenters. The van der Waals surface area contributed by atoms with Gasteiger partial charge in [-0.15, -0.1) is 11.8 Å². The number of amides is 1. The number of hydrogen-bond acceptors (Lipinski definition) is 6. The molecule has 8 nitrogen and oxygen atoms in total. The van der Waals surface area contributed by atoms with Crippen LogP contribution >= 0.6 is 11.8 Å². The van der Waals surface area contributed by atoms with Crippen molar-refractivity contribution in [3.8, 4) is 0 Å². The number of hydrogen-bond donors (Lipinski definition) is 1. The SMILES string of the molecule is [N-]=[N+]=NCCOCCOCCOCCSc1cccc2c1CNC2=O. The molecule has 9 heteroatoms. The molecule has 1 heterocycles. The monoisotopic (exact) mass is 366 g/mol. The summed E-state index contributed by atoms with van der Waals surface area (Å²) in [6.07, 6.45) is 0. The van der Waals surface area contributed by atoms with Gasteiger partial charge in [-0.25, -0.2) is 0 Å². The third-order valence-corrected chi connectivity index (χ3v) is 4.50. The zero-order valence-corrected chi connectivity index (χ0v) is 14.8. The van der Waals surface area contributed by atoms with Gasteiger partial charge < -0.3 is 19.5 Å². The van der Waals surface area contributed by atoms with Crippen molar-refractivity contribution in [1.82, 2.24) is 5.32 Å². The second kappa shape index (κ2) is 11.7. The van der Waals surface area contributed by atoms with Crippen LogP contribution in [0, 0.1) is 0 Å². The van der Waals surface area contributed by atoms with Crippen molar-refractivity contribution < 1.29 is 19.0 Å². The molecule has 0 spiro atoms. The Hall–Kier alpha value is -1.77. The number of thioether (sulfide) groups is 1. The first-order chi connectivity index (χ1) is 12.3. The van der Waals surface area contributed by atoms with E-state index in [0.717, 1.165) is 21.8 Å². The average molecular weight is 366 g/mol. The van der Waals surface area contributed by atoms with Crippen molar-refractivity contribution in [2.24, 2.45) is 5.11 Å². The van der Waals surface area contributed by atoms with Crippen LogP contribution in [0.4, 0.5) is 0 Å². The maximum Gasteiger partial charge on any atom is 0.251 e. The largest absolute Gasteiger partial charge is 0.379 e. The molecule has 1 aliphatic rings. The molecule has 0 bridgehead atoms. The fourth-order valence-corrected chi connectivity index (χ4v) is 3.21. The molecule has 0 saturated heterocycles. The number of carbonyl (C=O) groups is 1. The van der Waals surface area contributed by atoms with Gasteiger partial charge in [0.1, 0.15) is 0 Å². The molecule has 25 heavy (non-hydrogen) atoms. The van der Waals surface area contributed by atoms with Crippen LogP contribution in [0.5, 0.6) is 0 Å². The Morgan fingerprint density at radius 2 is 1.84 bits per heavy atom. The molecule has 1 aromatic rings. The van der Waals surface area contributed by atoms with Crippen molar-refractivity contribution >= 4 is 17.7 Å². The summed E-state index contributed by atoms with van der Waals surface area (Å²) >= 11 is 1.70. The first-order valence-electron chi connectivity index (χ1n) is 8.10. The summed E-state index contributed by atoms with van der Waals surface area (Å²) in [6.45, 7) is 4.00. The van der Waals surface area contributed by atoms with Gasteiger partial charge in [0.05, 0.1) is 39.6 Å². The Morgan fingerprint density at radius 1 is 1.12 bits per heavy atom. The van der Waals surface area contributed by atoms with Gasteiger partial charge in [0.25, 0.3) is 5.91 Å². The average Bonchev–Trinajstić information content (AvgIpc) is 3.01. The highest BCUT2D eigenvalue weighted by molar-refractivity contribution is 7.99. The Kier molecular flexibility index (Phi) is 9.17. The molecule has 1 aromatic carbocycles.